The number of benzene rings is 2. The number of amides is 1. The molecular weight excluding hydrogens is 428 g/mol. The lowest BCUT2D eigenvalue weighted by Crippen LogP contribution is -2.38. The highest BCUT2D eigenvalue weighted by Gasteiger charge is 2.34. The van der Waals surface area contributed by atoms with E-state index >= 15 is 0 Å². The molecule has 1 N–H and O–H groups in total. The molecule has 4 rings (SSSR count). The fraction of sp³-hybridized carbons (Fsp3) is 0.370. The van der Waals surface area contributed by atoms with Crippen molar-refractivity contribution < 1.29 is 14.3 Å². The Hall–Kier alpha value is -3.45. The van der Waals surface area contributed by atoms with Crippen LogP contribution in [0, 0.1) is 12.3 Å². The standard InChI is InChI=1S/C27H32N4O3/c1-18-6-8-19(9-7-18)24-28-14-15-31(24)21-12-10-20(11-13-21)25(32)30(5)22-16-23(29-17-22)34-26(33)27(2,3)4/h6-15,22-23,29H,16-17H2,1-5H3/t22-,23?/m1/s1. The van der Waals surface area contributed by atoms with Crippen molar-refractivity contribution >= 4 is 11.9 Å². The van der Waals surface area contributed by atoms with Crippen LogP contribution in [-0.4, -0.2) is 52.2 Å². The topological polar surface area (TPSA) is 76.5 Å². The maximum Gasteiger partial charge on any atom is 0.312 e. The smallest absolute Gasteiger partial charge is 0.312 e. The normalized spacial score (nSPS) is 18.0. The second-order valence-corrected chi connectivity index (χ2v) is 9.89. The third-order valence-corrected chi connectivity index (χ3v) is 6.14. The maximum atomic E-state index is 13.1. The Kier molecular flexibility index (Phi) is 6.57. The Bertz CT molecular complexity index is 1160. The highest BCUT2D eigenvalue weighted by atomic mass is 16.6. The lowest BCUT2D eigenvalue weighted by atomic mass is 9.97. The quantitative estimate of drug-likeness (QED) is 0.578. The van der Waals surface area contributed by atoms with Gasteiger partial charge in [-0.05, 0) is 52.0 Å². The van der Waals surface area contributed by atoms with E-state index in [0.29, 0.717) is 18.5 Å². The van der Waals surface area contributed by atoms with E-state index < -0.39 is 5.41 Å². The number of carbonyl (C=O) groups is 2. The van der Waals surface area contributed by atoms with Crippen molar-refractivity contribution in [2.75, 3.05) is 13.6 Å². The number of nitrogens with one attached hydrogen (secondary N) is 1. The molecule has 2 atom stereocenters. The molecule has 1 aromatic heterocycles. The van der Waals surface area contributed by atoms with Crippen LogP contribution in [0.2, 0.25) is 0 Å². The molecule has 0 bridgehead atoms. The second kappa shape index (κ2) is 9.43. The number of aromatic nitrogens is 2. The first-order valence-corrected chi connectivity index (χ1v) is 11.6. The highest BCUT2D eigenvalue weighted by molar-refractivity contribution is 5.94. The molecule has 0 aliphatic carbocycles. The van der Waals surface area contributed by atoms with Crippen molar-refractivity contribution in [2.45, 2.75) is 46.4 Å². The fourth-order valence-electron chi connectivity index (χ4n) is 3.93. The number of hydrogen-bond donors (Lipinski definition) is 1. The van der Waals surface area contributed by atoms with Crippen LogP contribution in [0.15, 0.2) is 60.9 Å². The van der Waals surface area contributed by atoms with Crippen molar-refractivity contribution in [3.8, 4) is 17.1 Å². The van der Waals surface area contributed by atoms with Gasteiger partial charge in [0.05, 0.1) is 5.41 Å². The van der Waals surface area contributed by atoms with Gasteiger partial charge in [-0.15, -0.1) is 0 Å². The number of hydrogen-bond acceptors (Lipinski definition) is 5. The molecule has 1 saturated heterocycles. The van der Waals surface area contributed by atoms with Crippen LogP contribution in [-0.2, 0) is 9.53 Å². The largest absolute Gasteiger partial charge is 0.446 e. The summed E-state index contributed by atoms with van der Waals surface area (Å²) in [5, 5.41) is 3.20. The van der Waals surface area contributed by atoms with Crippen molar-refractivity contribution in [3.63, 3.8) is 0 Å². The van der Waals surface area contributed by atoms with Crippen molar-refractivity contribution in [1.82, 2.24) is 19.8 Å². The molecule has 0 saturated carbocycles. The van der Waals surface area contributed by atoms with Crippen LogP contribution in [0.25, 0.3) is 17.1 Å². The predicted octanol–water partition coefficient (Wildman–Crippen LogP) is 4.20. The second-order valence-electron chi connectivity index (χ2n) is 9.89. The lowest BCUT2D eigenvalue weighted by molar-refractivity contribution is -0.159. The van der Waals surface area contributed by atoms with E-state index in [0.717, 1.165) is 17.1 Å². The summed E-state index contributed by atoms with van der Waals surface area (Å²) in [5.74, 6) is 0.536. The van der Waals surface area contributed by atoms with Gasteiger partial charge >= 0.3 is 5.97 Å². The van der Waals surface area contributed by atoms with Gasteiger partial charge in [-0.2, -0.15) is 0 Å². The van der Waals surface area contributed by atoms with Crippen molar-refractivity contribution in [2.24, 2.45) is 5.41 Å². The first-order chi connectivity index (χ1) is 16.1. The molecule has 2 aromatic carbocycles. The minimum absolute atomic E-state index is 0.0493. The number of esters is 1. The van der Waals surface area contributed by atoms with Gasteiger partial charge in [0.2, 0.25) is 0 Å². The molecular formula is C27H32N4O3. The van der Waals surface area contributed by atoms with E-state index in [-0.39, 0.29) is 24.1 Å². The summed E-state index contributed by atoms with van der Waals surface area (Å²) in [7, 11) is 1.79. The molecule has 0 spiro atoms. The van der Waals surface area contributed by atoms with E-state index in [4.69, 9.17) is 4.74 Å². The number of likely N-dealkylation sites (N-methyl/N-ethyl adjacent to an activating group) is 1. The molecule has 7 nitrogen and oxygen atoms in total. The van der Waals surface area contributed by atoms with Gasteiger partial charge in [0, 0.05) is 55.3 Å². The van der Waals surface area contributed by atoms with Crippen LogP contribution in [0.5, 0.6) is 0 Å². The maximum absolute atomic E-state index is 13.1. The molecule has 1 aliphatic heterocycles. The molecule has 1 amide bonds. The van der Waals surface area contributed by atoms with E-state index in [1.807, 2.05) is 55.8 Å². The summed E-state index contributed by atoms with van der Waals surface area (Å²) in [5.41, 5.74) is 3.22. The van der Waals surface area contributed by atoms with Gasteiger partial charge in [-0.3, -0.25) is 19.5 Å². The van der Waals surface area contributed by atoms with Crippen LogP contribution in [0.4, 0.5) is 0 Å². The summed E-state index contributed by atoms with van der Waals surface area (Å²) in [4.78, 5) is 31.5. The monoisotopic (exact) mass is 460 g/mol. The molecule has 1 aliphatic rings. The van der Waals surface area contributed by atoms with Crippen LogP contribution < -0.4 is 5.32 Å². The number of rotatable bonds is 5. The summed E-state index contributed by atoms with van der Waals surface area (Å²) >= 11 is 0. The zero-order valence-corrected chi connectivity index (χ0v) is 20.4. The molecule has 0 radical (unpaired) electrons. The van der Waals surface area contributed by atoms with Gasteiger partial charge in [-0.25, -0.2) is 4.98 Å². The van der Waals surface area contributed by atoms with Crippen LogP contribution in [0.1, 0.15) is 43.1 Å². The van der Waals surface area contributed by atoms with Crippen molar-refractivity contribution in [3.05, 3.63) is 72.1 Å². The van der Waals surface area contributed by atoms with Crippen molar-refractivity contribution in [1.29, 1.82) is 0 Å². The first kappa shape index (κ1) is 23.7. The number of aryl methyl sites for hydroxylation is 1. The number of nitrogens with zero attached hydrogens (tertiary/aromatic N) is 3. The lowest BCUT2D eigenvalue weighted by Gasteiger charge is -2.24. The highest BCUT2D eigenvalue weighted by Crippen LogP contribution is 2.24. The molecule has 1 fully saturated rings. The van der Waals surface area contributed by atoms with Gasteiger partial charge in [0.25, 0.3) is 5.91 Å². The molecule has 2 heterocycles. The molecule has 7 heteroatoms. The Morgan fingerprint density at radius 2 is 1.76 bits per heavy atom. The Morgan fingerprint density at radius 3 is 2.41 bits per heavy atom. The van der Waals surface area contributed by atoms with Gasteiger partial charge < -0.3 is 9.64 Å². The van der Waals surface area contributed by atoms with Crippen LogP contribution >= 0.6 is 0 Å². The molecule has 1 unspecified atom stereocenters. The summed E-state index contributed by atoms with van der Waals surface area (Å²) < 4.78 is 7.57. The summed E-state index contributed by atoms with van der Waals surface area (Å²) in [6.07, 6.45) is 3.88. The predicted molar refractivity (Wildman–Crippen MR) is 132 cm³/mol. The molecule has 34 heavy (non-hydrogen) atoms. The van der Waals surface area contributed by atoms with Gasteiger partial charge in [-0.1, -0.05) is 29.8 Å². The number of carbonyl (C=O) groups excluding carboxylic acids is 2. The zero-order chi connectivity index (χ0) is 24.5. The third kappa shape index (κ3) is 5.04. The fourth-order valence-corrected chi connectivity index (χ4v) is 3.93. The summed E-state index contributed by atoms with van der Waals surface area (Å²) in [6.45, 7) is 8.12. The average molecular weight is 461 g/mol. The minimum Gasteiger partial charge on any atom is -0.446 e. The number of imidazole rings is 1. The molecule has 3 aromatic rings. The Morgan fingerprint density at radius 1 is 1.09 bits per heavy atom. The van der Waals surface area contributed by atoms with E-state index in [1.165, 1.54) is 5.56 Å². The van der Waals surface area contributed by atoms with Gasteiger partial charge in [0.15, 0.2) is 6.23 Å². The first-order valence-electron chi connectivity index (χ1n) is 11.6. The van der Waals surface area contributed by atoms with E-state index in [2.05, 4.69) is 41.5 Å². The SMILES string of the molecule is Cc1ccc(-c2nccn2-c2ccc(C(=O)N(C)[C@H]3CNC(OC(=O)C(C)(C)C)C3)cc2)cc1. The van der Waals surface area contributed by atoms with E-state index in [1.54, 1.807) is 18.1 Å². The average Bonchev–Trinajstić information content (AvgIpc) is 3.48. The Labute approximate surface area is 200 Å². The van der Waals surface area contributed by atoms with Gasteiger partial charge in [0.1, 0.15) is 5.82 Å². The third-order valence-electron chi connectivity index (χ3n) is 6.14. The summed E-state index contributed by atoms with van der Waals surface area (Å²) in [6, 6.07) is 15.7. The zero-order valence-electron chi connectivity index (χ0n) is 20.4. The molecule has 178 valence electrons. The Balaban J connectivity index is 1.43. The van der Waals surface area contributed by atoms with E-state index in [9.17, 15) is 9.59 Å². The van der Waals surface area contributed by atoms with Crippen LogP contribution in [0.3, 0.4) is 0 Å². The number of ether oxygens (including phenoxy) is 1. The minimum atomic E-state index is -0.558.